The van der Waals surface area contributed by atoms with Crippen molar-refractivity contribution >= 4 is 5.96 Å². The standard InChI is InChI=1S/C16H28N4O/c1-4-6-7-10-19-16(17-3)20-13-14-9-8-11-18-15(14)21-12-5-2/h8-9,11H,4-7,10,12-13H2,1-3H3,(H2,17,19,20). The van der Waals surface area contributed by atoms with Crippen molar-refractivity contribution in [2.75, 3.05) is 20.2 Å². The third-order valence-corrected chi connectivity index (χ3v) is 3.04. The Morgan fingerprint density at radius 2 is 2.10 bits per heavy atom. The molecule has 21 heavy (non-hydrogen) atoms. The second-order valence-corrected chi connectivity index (χ2v) is 4.88. The van der Waals surface area contributed by atoms with Crippen LogP contribution in [0.3, 0.4) is 0 Å². The van der Waals surface area contributed by atoms with Gasteiger partial charge in [-0.1, -0.05) is 32.8 Å². The number of nitrogens with zero attached hydrogens (tertiary/aromatic N) is 2. The summed E-state index contributed by atoms with van der Waals surface area (Å²) < 4.78 is 5.65. The molecule has 0 spiro atoms. The van der Waals surface area contributed by atoms with Crippen LogP contribution in [0.15, 0.2) is 23.3 Å². The Hall–Kier alpha value is -1.78. The van der Waals surface area contributed by atoms with Gasteiger partial charge in [0, 0.05) is 31.9 Å². The van der Waals surface area contributed by atoms with Gasteiger partial charge in [-0.05, 0) is 18.9 Å². The van der Waals surface area contributed by atoms with Gasteiger partial charge >= 0.3 is 0 Å². The van der Waals surface area contributed by atoms with Crippen LogP contribution in [0.4, 0.5) is 0 Å². The number of aromatic nitrogens is 1. The van der Waals surface area contributed by atoms with Gasteiger partial charge in [0.25, 0.3) is 0 Å². The van der Waals surface area contributed by atoms with Gasteiger partial charge < -0.3 is 15.4 Å². The van der Waals surface area contributed by atoms with Gasteiger partial charge in [0.15, 0.2) is 5.96 Å². The van der Waals surface area contributed by atoms with Crippen LogP contribution in [0.25, 0.3) is 0 Å². The third-order valence-electron chi connectivity index (χ3n) is 3.04. The largest absolute Gasteiger partial charge is 0.477 e. The molecular weight excluding hydrogens is 264 g/mol. The monoisotopic (exact) mass is 292 g/mol. The van der Waals surface area contributed by atoms with E-state index in [4.69, 9.17) is 4.74 Å². The summed E-state index contributed by atoms with van der Waals surface area (Å²) in [7, 11) is 1.78. The van der Waals surface area contributed by atoms with Crippen LogP contribution in [-0.2, 0) is 6.54 Å². The molecule has 0 saturated carbocycles. The smallest absolute Gasteiger partial charge is 0.218 e. The molecule has 5 nitrogen and oxygen atoms in total. The van der Waals surface area contributed by atoms with E-state index in [-0.39, 0.29) is 0 Å². The Morgan fingerprint density at radius 1 is 1.24 bits per heavy atom. The lowest BCUT2D eigenvalue weighted by Crippen LogP contribution is -2.37. The van der Waals surface area contributed by atoms with Gasteiger partial charge in [-0.3, -0.25) is 4.99 Å². The third kappa shape index (κ3) is 6.97. The molecule has 0 aliphatic heterocycles. The Morgan fingerprint density at radius 3 is 2.81 bits per heavy atom. The van der Waals surface area contributed by atoms with Crippen LogP contribution >= 0.6 is 0 Å². The Labute approximate surface area is 128 Å². The zero-order valence-electron chi connectivity index (χ0n) is 13.5. The summed E-state index contributed by atoms with van der Waals surface area (Å²) in [6.45, 7) is 6.57. The maximum Gasteiger partial charge on any atom is 0.218 e. The number of guanidine groups is 1. The summed E-state index contributed by atoms with van der Waals surface area (Å²) in [5.41, 5.74) is 1.04. The van der Waals surface area contributed by atoms with Gasteiger partial charge in [0.2, 0.25) is 5.88 Å². The molecule has 0 bridgehead atoms. The highest BCUT2D eigenvalue weighted by molar-refractivity contribution is 5.79. The van der Waals surface area contributed by atoms with Crippen molar-refractivity contribution in [3.63, 3.8) is 0 Å². The lowest BCUT2D eigenvalue weighted by molar-refractivity contribution is 0.301. The fourth-order valence-electron chi connectivity index (χ4n) is 1.87. The highest BCUT2D eigenvalue weighted by Gasteiger charge is 2.05. The molecule has 0 fully saturated rings. The van der Waals surface area contributed by atoms with Crippen molar-refractivity contribution < 1.29 is 4.74 Å². The van der Waals surface area contributed by atoms with E-state index in [0.717, 1.165) is 30.9 Å². The molecule has 1 heterocycles. The fourth-order valence-corrected chi connectivity index (χ4v) is 1.87. The fraction of sp³-hybridized carbons (Fsp3) is 0.625. The summed E-state index contributed by atoms with van der Waals surface area (Å²) in [6.07, 6.45) is 6.36. The van der Waals surface area contributed by atoms with Crippen LogP contribution < -0.4 is 15.4 Å². The van der Waals surface area contributed by atoms with Crippen molar-refractivity contribution in [3.8, 4) is 5.88 Å². The molecular formula is C16H28N4O. The Balaban J connectivity index is 2.45. The molecule has 0 atom stereocenters. The Kier molecular flexibility index (Phi) is 9.00. The van der Waals surface area contributed by atoms with E-state index in [0.29, 0.717) is 19.0 Å². The maximum absolute atomic E-state index is 5.65. The van der Waals surface area contributed by atoms with E-state index < -0.39 is 0 Å². The molecule has 1 aromatic rings. The summed E-state index contributed by atoms with van der Waals surface area (Å²) in [5, 5.41) is 6.61. The van der Waals surface area contributed by atoms with E-state index in [1.807, 2.05) is 12.1 Å². The van der Waals surface area contributed by atoms with Gasteiger partial charge in [-0.2, -0.15) is 0 Å². The first-order valence-electron chi connectivity index (χ1n) is 7.83. The second-order valence-electron chi connectivity index (χ2n) is 4.88. The molecule has 0 saturated heterocycles. The number of aliphatic imine (C=N–C) groups is 1. The SMILES string of the molecule is CCCCCNC(=NC)NCc1cccnc1OCCC. The van der Waals surface area contributed by atoms with E-state index in [9.17, 15) is 0 Å². The molecule has 0 aliphatic rings. The van der Waals surface area contributed by atoms with Crippen LogP contribution in [0, 0.1) is 0 Å². The first-order chi connectivity index (χ1) is 10.3. The van der Waals surface area contributed by atoms with Gasteiger partial charge in [-0.25, -0.2) is 4.98 Å². The quantitative estimate of drug-likeness (QED) is 0.417. The van der Waals surface area contributed by atoms with Crippen LogP contribution in [-0.4, -0.2) is 31.1 Å². The summed E-state index contributed by atoms with van der Waals surface area (Å²) in [4.78, 5) is 8.51. The molecule has 0 amide bonds. The number of nitrogens with one attached hydrogen (secondary N) is 2. The van der Waals surface area contributed by atoms with E-state index >= 15 is 0 Å². The predicted molar refractivity (Wildman–Crippen MR) is 87.7 cm³/mol. The minimum absolute atomic E-state index is 0.653. The first kappa shape index (κ1) is 17.3. The topological polar surface area (TPSA) is 58.5 Å². The highest BCUT2D eigenvalue weighted by Crippen LogP contribution is 2.14. The number of hydrogen-bond donors (Lipinski definition) is 2. The Bertz CT molecular complexity index is 420. The average Bonchev–Trinajstić information content (AvgIpc) is 2.53. The van der Waals surface area contributed by atoms with E-state index in [1.165, 1.54) is 12.8 Å². The summed E-state index contributed by atoms with van der Waals surface area (Å²) in [6, 6.07) is 3.95. The summed E-state index contributed by atoms with van der Waals surface area (Å²) >= 11 is 0. The van der Waals surface area contributed by atoms with E-state index in [1.54, 1.807) is 13.2 Å². The number of pyridine rings is 1. The van der Waals surface area contributed by atoms with Crippen molar-refractivity contribution in [1.82, 2.24) is 15.6 Å². The normalized spacial score (nSPS) is 11.3. The van der Waals surface area contributed by atoms with Gasteiger partial charge in [0.1, 0.15) is 0 Å². The lowest BCUT2D eigenvalue weighted by Gasteiger charge is -2.13. The highest BCUT2D eigenvalue weighted by atomic mass is 16.5. The lowest BCUT2D eigenvalue weighted by atomic mass is 10.2. The van der Waals surface area contributed by atoms with Crippen LogP contribution in [0.2, 0.25) is 0 Å². The van der Waals surface area contributed by atoms with Crippen molar-refractivity contribution in [2.45, 2.75) is 46.1 Å². The molecule has 0 aromatic carbocycles. The number of unbranched alkanes of at least 4 members (excludes halogenated alkanes) is 2. The van der Waals surface area contributed by atoms with Crippen molar-refractivity contribution in [2.24, 2.45) is 4.99 Å². The van der Waals surface area contributed by atoms with Gasteiger partial charge in [-0.15, -0.1) is 0 Å². The average molecular weight is 292 g/mol. The predicted octanol–water partition coefficient (Wildman–Crippen LogP) is 2.73. The number of rotatable bonds is 9. The molecule has 0 aliphatic carbocycles. The first-order valence-corrected chi connectivity index (χ1v) is 7.83. The maximum atomic E-state index is 5.65. The second kappa shape index (κ2) is 10.9. The zero-order valence-corrected chi connectivity index (χ0v) is 13.5. The molecule has 0 unspecified atom stereocenters. The van der Waals surface area contributed by atoms with Crippen LogP contribution in [0.5, 0.6) is 5.88 Å². The molecule has 1 aromatic heterocycles. The molecule has 0 radical (unpaired) electrons. The summed E-state index contributed by atoms with van der Waals surface area (Å²) in [5.74, 6) is 1.52. The van der Waals surface area contributed by atoms with Gasteiger partial charge in [0.05, 0.1) is 6.61 Å². The minimum Gasteiger partial charge on any atom is -0.477 e. The minimum atomic E-state index is 0.653. The number of hydrogen-bond acceptors (Lipinski definition) is 3. The van der Waals surface area contributed by atoms with Crippen LogP contribution in [0.1, 0.15) is 45.1 Å². The number of ether oxygens (including phenoxy) is 1. The van der Waals surface area contributed by atoms with Crippen molar-refractivity contribution in [1.29, 1.82) is 0 Å². The molecule has 5 heteroatoms. The van der Waals surface area contributed by atoms with E-state index in [2.05, 4.69) is 34.5 Å². The molecule has 118 valence electrons. The van der Waals surface area contributed by atoms with Crippen molar-refractivity contribution in [3.05, 3.63) is 23.9 Å². The molecule has 2 N–H and O–H groups in total. The zero-order chi connectivity index (χ0) is 15.3. The molecule has 1 rings (SSSR count).